The molecule has 1 saturated carbocycles. The van der Waals surface area contributed by atoms with Crippen molar-refractivity contribution in [1.82, 2.24) is 9.80 Å². The van der Waals surface area contributed by atoms with Crippen molar-refractivity contribution in [1.29, 1.82) is 0 Å². The van der Waals surface area contributed by atoms with Crippen LogP contribution in [0.15, 0.2) is 24.3 Å². The smallest absolute Gasteiger partial charge is 0.326 e. The Morgan fingerprint density at radius 3 is 2.52 bits per heavy atom. The van der Waals surface area contributed by atoms with Crippen LogP contribution in [0.3, 0.4) is 0 Å². The third-order valence-electron chi connectivity index (χ3n) is 4.35. The molecule has 3 rings (SSSR count). The Morgan fingerprint density at radius 1 is 1.29 bits per heavy atom. The van der Waals surface area contributed by atoms with E-state index in [1.165, 1.54) is 4.90 Å². The first-order valence-electron chi connectivity index (χ1n) is 7.48. The Morgan fingerprint density at radius 2 is 1.95 bits per heavy atom. The molecule has 2 aliphatic rings. The van der Waals surface area contributed by atoms with Crippen LogP contribution in [0.5, 0.6) is 0 Å². The Labute approximate surface area is 124 Å². The Bertz CT molecular complexity index is 568. The highest BCUT2D eigenvalue weighted by Crippen LogP contribution is 2.30. The highest BCUT2D eigenvalue weighted by molar-refractivity contribution is 5.84. The lowest BCUT2D eigenvalue weighted by Crippen LogP contribution is -2.53. The van der Waals surface area contributed by atoms with E-state index in [1.807, 2.05) is 36.1 Å². The topological polar surface area (TPSA) is 60.9 Å². The molecule has 2 amide bonds. The van der Waals surface area contributed by atoms with Crippen molar-refractivity contribution in [2.75, 3.05) is 6.54 Å². The van der Waals surface area contributed by atoms with Gasteiger partial charge in [-0.25, -0.2) is 9.59 Å². The quantitative estimate of drug-likeness (QED) is 0.926. The molecule has 1 atom stereocenters. The molecule has 1 fully saturated rings. The number of fused-ring (bicyclic) bond motifs is 1. The van der Waals surface area contributed by atoms with E-state index >= 15 is 0 Å². The van der Waals surface area contributed by atoms with Gasteiger partial charge in [0.1, 0.15) is 6.04 Å². The van der Waals surface area contributed by atoms with E-state index in [2.05, 4.69) is 0 Å². The van der Waals surface area contributed by atoms with Crippen LogP contribution < -0.4 is 0 Å². The minimum Gasteiger partial charge on any atom is -0.480 e. The molecule has 1 heterocycles. The molecule has 0 saturated heterocycles. The number of amides is 2. The van der Waals surface area contributed by atoms with Gasteiger partial charge in [-0.2, -0.15) is 0 Å². The van der Waals surface area contributed by atoms with Gasteiger partial charge in [0.05, 0.1) is 0 Å². The van der Waals surface area contributed by atoms with Crippen LogP contribution in [-0.2, 0) is 17.8 Å². The molecule has 112 valence electrons. The summed E-state index contributed by atoms with van der Waals surface area (Å²) in [5.41, 5.74) is 2.08. The lowest BCUT2D eigenvalue weighted by molar-refractivity contribution is -0.142. The number of carboxylic acid groups (broad SMARTS) is 1. The van der Waals surface area contributed by atoms with Crippen molar-refractivity contribution in [3.8, 4) is 0 Å². The molecule has 1 N–H and O–H groups in total. The van der Waals surface area contributed by atoms with Crippen molar-refractivity contribution in [3.05, 3.63) is 35.4 Å². The van der Waals surface area contributed by atoms with Crippen molar-refractivity contribution < 1.29 is 14.7 Å². The summed E-state index contributed by atoms with van der Waals surface area (Å²) in [5, 5.41) is 9.48. The lowest BCUT2D eigenvalue weighted by Gasteiger charge is -2.37. The predicted molar refractivity (Wildman–Crippen MR) is 77.9 cm³/mol. The number of nitrogens with zero attached hydrogens (tertiary/aromatic N) is 2. The maximum absolute atomic E-state index is 12.7. The van der Waals surface area contributed by atoms with Crippen molar-refractivity contribution in [3.63, 3.8) is 0 Å². The normalized spacial score (nSPS) is 20.8. The number of rotatable bonds is 3. The fraction of sp³-hybridized carbons (Fsp3) is 0.500. The Balaban J connectivity index is 1.88. The second kappa shape index (κ2) is 5.39. The molecule has 5 heteroatoms. The molecule has 1 aliphatic carbocycles. The van der Waals surface area contributed by atoms with Crippen LogP contribution in [0.25, 0.3) is 0 Å². The molecular formula is C16H20N2O3. The summed E-state index contributed by atoms with van der Waals surface area (Å²) in [4.78, 5) is 27.6. The average molecular weight is 288 g/mol. The van der Waals surface area contributed by atoms with Gasteiger partial charge in [0, 0.05) is 25.6 Å². The monoisotopic (exact) mass is 288 g/mol. The van der Waals surface area contributed by atoms with E-state index in [0.717, 1.165) is 24.0 Å². The average Bonchev–Trinajstić information content (AvgIpc) is 3.31. The van der Waals surface area contributed by atoms with Gasteiger partial charge >= 0.3 is 12.0 Å². The molecule has 0 bridgehead atoms. The van der Waals surface area contributed by atoms with Crippen molar-refractivity contribution >= 4 is 12.0 Å². The summed E-state index contributed by atoms with van der Waals surface area (Å²) in [7, 11) is 0. The van der Waals surface area contributed by atoms with E-state index in [4.69, 9.17) is 0 Å². The lowest BCUT2D eigenvalue weighted by atomic mass is 9.94. The largest absolute Gasteiger partial charge is 0.480 e. The highest BCUT2D eigenvalue weighted by Gasteiger charge is 2.40. The Kier molecular flexibility index (Phi) is 3.57. The number of aliphatic carboxylic acids is 1. The van der Waals surface area contributed by atoms with E-state index in [9.17, 15) is 14.7 Å². The number of carboxylic acids is 1. The van der Waals surface area contributed by atoms with Crippen LogP contribution >= 0.6 is 0 Å². The first-order chi connectivity index (χ1) is 10.1. The van der Waals surface area contributed by atoms with Gasteiger partial charge in [-0.15, -0.1) is 0 Å². The van der Waals surface area contributed by atoms with E-state index < -0.39 is 12.0 Å². The number of benzene rings is 1. The third kappa shape index (κ3) is 2.60. The molecular weight excluding hydrogens is 268 g/mol. The zero-order valence-electron chi connectivity index (χ0n) is 12.2. The predicted octanol–water partition coefficient (Wildman–Crippen LogP) is 2.10. The van der Waals surface area contributed by atoms with Crippen LogP contribution in [-0.4, -0.2) is 45.5 Å². The van der Waals surface area contributed by atoms with Crippen LogP contribution in [0.4, 0.5) is 4.79 Å². The van der Waals surface area contributed by atoms with Gasteiger partial charge in [0.2, 0.25) is 0 Å². The highest BCUT2D eigenvalue weighted by atomic mass is 16.4. The summed E-state index contributed by atoms with van der Waals surface area (Å²) < 4.78 is 0. The standard InChI is InChI=1S/C16H20N2O3/c1-2-17(13-7-8-13)16(21)18-10-12-6-4-3-5-11(12)9-14(18)15(19)20/h3-6,13-14H,2,7-10H2,1H3,(H,19,20)/t14-/m0/s1. The van der Waals surface area contributed by atoms with E-state index in [0.29, 0.717) is 25.6 Å². The summed E-state index contributed by atoms with van der Waals surface area (Å²) in [6, 6.07) is 7.17. The van der Waals surface area contributed by atoms with Gasteiger partial charge in [-0.3, -0.25) is 0 Å². The van der Waals surface area contributed by atoms with Gasteiger partial charge in [0.25, 0.3) is 0 Å². The molecule has 1 aromatic rings. The van der Waals surface area contributed by atoms with Crippen LogP contribution in [0.1, 0.15) is 30.9 Å². The minimum atomic E-state index is -0.926. The molecule has 1 aromatic carbocycles. The van der Waals surface area contributed by atoms with Gasteiger partial charge in [-0.05, 0) is 30.9 Å². The third-order valence-corrected chi connectivity index (χ3v) is 4.35. The van der Waals surface area contributed by atoms with Crippen LogP contribution in [0.2, 0.25) is 0 Å². The molecule has 1 aliphatic heterocycles. The van der Waals surface area contributed by atoms with Gasteiger partial charge < -0.3 is 14.9 Å². The first kappa shape index (κ1) is 13.9. The molecule has 0 spiro atoms. The van der Waals surface area contributed by atoms with Gasteiger partial charge in [0.15, 0.2) is 0 Å². The number of hydrogen-bond acceptors (Lipinski definition) is 2. The number of urea groups is 1. The maximum Gasteiger partial charge on any atom is 0.326 e. The van der Waals surface area contributed by atoms with E-state index in [1.54, 1.807) is 0 Å². The first-order valence-corrected chi connectivity index (χ1v) is 7.48. The molecule has 0 unspecified atom stereocenters. The molecule has 5 nitrogen and oxygen atoms in total. The minimum absolute atomic E-state index is 0.137. The molecule has 0 radical (unpaired) electrons. The van der Waals surface area contributed by atoms with Crippen LogP contribution in [0, 0.1) is 0 Å². The fourth-order valence-corrected chi connectivity index (χ4v) is 3.05. The zero-order valence-corrected chi connectivity index (χ0v) is 12.2. The second-order valence-electron chi connectivity index (χ2n) is 5.75. The Hall–Kier alpha value is -2.04. The number of carbonyl (C=O) groups excluding carboxylic acids is 1. The zero-order chi connectivity index (χ0) is 15.0. The maximum atomic E-state index is 12.7. The van der Waals surface area contributed by atoms with E-state index in [-0.39, 0.29) is 6.03 Å². The number of carbonyl (C=O) groups is 2. The van der Waals surface area contributed by atoms with Crippen molar-refractivity contribution in [2.45, 2.75) is 44.8 Å². The number of hydrogen-bond donors (Lipinski definition) is 1. The summed E-state index contributed by atoms with van der Waals surface area (Å²) in [6.07, 6.45) is 2.45. The summed E-state index contributed by atoms with van der Waals surface area (Å²) >= 11 is 0. The molecule has 0 aromatic heterocycles. The second-order valence-corrected chi connectivity index (χ2v) is 5.75. The van der Waals surface area contributed by atoms with Crippen molar-refractivity contribution in [2.24, 2.45) is 0 Å². The summed E-state index contributed by atoms with van der Waals surface area (Å²) in [6.45, 7) is 2.97. The molecule has 21 heavy (non-hydrogen) atoms. The fourth-order valence-electron chi connectivity index (χ4n) is 3.05. The SMILES string of the molecule is CCN(C(=O)N1Cc2ccccc2C[C@H]1C(=O)O)C1CC1. The van der Waals surface area contributed by atoms with Gasteiger partial charge in [-0.1, -0.05) is 24.3 Å². The summed E-state index contributed by atoms with van der Waals surface area (Å²) in [5.74, 6) is -0.926.